The Hall–Kier alpha value is -1.56. The number of hydrogen-bond donors (Lipinski definition) is 0. The van der Waals surface area contributed by atoms with Gasteiger partial charge in [-0.1, -0.05) is 6.07 Å². The first-order chi connectivity index (χ1) is 8.54. The summed E-state index contributed by atoms with van der Waals surface area (Å²) in [7, 11) is -1.95. The van der Waals surface area contributed by atoms with Gasteiger partial charge in [0.25, 0.3) is 0 Å². The number of hydrogen-bond acceptors (Lipinski definition) is 4. The van der Waals surface area contributed by atoms with Crippen LogP contribution in [-0.4, -0.2) is 33.8 Å². The third-order valence-electron chi connectivity index (χ3n) is 2.90. The van der Waals surface area contributed by atoms with E-state index in [1.807, 2.05) is 0 Å². The van der Waals surface area contributed by atoms with Crippen molar-refractivity contribution in [3.63, 3.8) is 0 Å². The summed E-state index contributed by atoms with van der Waals surface area (Å²) in [5.41, 5.74) is 0.883. The largest absolute Gasteiger partial charge is 0.465 e. The second-order valence-corrected chi connectivity index (χ2v) is 6.15. The van der Waals surface area contributed by atoms with Gasteiger partial charge in [0, 0.05) is 6.54 Å². The van der Waals surface area contributed by atoms with E-state index in [1.165, 1.54) is 11.4 Å². The predicted octanol–water partition coefficient (Wildman–Crippen LogP) is 1.40. The van der Waals surface area contributed by atoms with Crippen LogP contribution in [0.4, 0.5) is 5.69 Å². The van der Waals surface area contributed by atoms with Gasteiger partial charge in [-0.2, -0.15) is 0 Å². The Morgan fingerprint density at radius 1 is 1.33 bits per heavy atom. The van der Waals surface area contributed by atoms with E-state index in [9.17, 15) is 13.2 Å². The fourth-order valence-electron chi connectivity index (χ4n) is 1.98. The molecule has 1 fully saturated rings. The van der Waals surface area contributed by atoms with Crippen LogP contribution >= 0.6 is 0 Å². The van der Waals surface area contributed by atoms with E-state index in [4.69, 9.17) is 0 Å². The Bertz CT molecular complexity index is 553. The fraction of sp³-hybridized carbons (Fsp3) is 0.417. The summed E-state index contributed by atoms with van der Waals surface area (Å²) in [4.78, 5) is 11.4. The van der Waals surface area contributed by atoms with Gasteiger partial charge in [-0.05, 0) is 31.0 Å². The molecule has 98 valence electrons. The lowest BCUT2D eigenvalue weighted by molar-refractivity contribution is 0.0600. The molecular formula is C12H15NO4S. The fourth-order valence-corrected chi connectivity index (χ4v) is 3.62. The van der Waals surface area contributed by atoms with Crippen LogP contribution in [0.2, 0.25) is 0 Å². The van der Waals surface area contributed by atoms with E-state index in [-0.39, 0.29) is 5.75 Å². The van der Waals surface area contributed by atoms with Crippen LogP contribution in [-0.2, 0) is 14.8 Å². The highest BCUT2D eigenvalue weighted by molar-refractivity contribution is 7.92. The number of sulfonamides is 1. The maximum absolute atomic E-state index is 11.9. The van der Waals surface area contributed by atoms with E-state index >= 15 is 0 Å². The average Bonchev–Trinajstić information content (AvgIpc) is 2.37. The lowest BCUT2D eigenvalue weighted by atomic mass is 10.2. The number of esters is 1. The van der Waals surface area contributed by atoms with Crippen LogP contribution in [0.15, 0.2) is 24.3 Å². The number of carbonyl (C=O) groups is 1. The third kappa shape index (κ3) is 2.48. The first kappa shape index (κ1) is 12.9. The van der Waals surface area contributed by atoms with E-state index in [2.05, 4.69) is 4.74 Å². The number of nitrogens with zero attached hydrogens (tertiary/aromatic N) is 1. The summed E-state index contributed by atoms with van der Waals surface area (Å²) >= 11 is 0. The van der Waals surface area contributed by atoms with Gasteiger partial charge in [0.15, 0.2) is 0 Å². The van der Waals surface area contributed by atoms with Crippen molar-refractivity contribution < 1.29 is 17.9 Å². The average molecular weight is 269 g/mol. The van der Waals surface area contributed by atoms with Crippen LogP contribution in [0, 0.1) is 0 Å². The molecule has 6 heteroatoms. The molecule has 1 aromatic carbocycles. The summed E-state index contributed by atoms with van der Waals surface area (Å²) in [6, 6.07) is 6.50. The molecule has 2 rings (SSSR count). The lowest BCUT2D eigenvalue weighted by Crippen LogP contribution is -2.37. The van der Waals surface area contributed by atoms with Gasteiger partial charge in [0.2, 0.25) is 10.0 Å². The number of anilines is 1. The van der Waals surface area contributed by atoms with Gasteiger partial charge in [-0.15, -0.1) is 0 Å². The van der Waals surface area contributed by atoms with Crippen molar-refractivity contribution in [2.75, 3.05) is 23.7 Å². The molecule has 1 aliphatic rings. The lowest BCUT2D eigenvalue weighted by Gasteiger charge is -2.28. The van der Waals surface area contributed by atoms with Crippen molar-refractivity contribution in [3.8, 4) is 0 Å². The molecule has 1 aromatic rings. The van der Waals surface area contributed by atoms with E-state index in [0.29, 0.717) is 24.2 Å². The molecule has 1 aliphatic heterocycles. The van der Waals surface area contributed by atoms with Crippen molar-refractivity contribution in [2.24, 2.45) is 0 Å². The first-order valence-corrected chi connectivity index (χ1v) is 7.34. The highest BCUT2D eigenvalue weighted by Gasteiger charge is 2.26. The van der Waals surface area contributed by atoms with Crippen LogP contribution < -0.4 is 4.31 Å². The molecule has 1 saturated heterocycles. The number of carbonyl (C=O) groups excluding carboxylic acids is 1. The minimum Gasteiger partial charge on any atom is -0.465 e. The Morgan fingerprint density at radius 2 is 2.11 bits per heavy atom. The molecule has 0 amide bonds. The van der Waals surface area contributed by atoms with Gasteiger partial charge in [-0.3, -0.25) is 4.31 Å². The molecule has 18 heavy (non-hydrogen) atoms. The molecule has 0 bridgehead atoms. The molecule has 0 saturated carbocycles. The molecule has 0 spiro atoms. The maximum Gasteiger partial charge on any atom is 0.337 e. The second kappa shape index (κ2) is 4.97. The number of ether oxygens (including phenoxy) is 1. The van der Waals surface area contributed by atoms with Crippen molar-refractivity contribution >= 4 is 21.7 Å². The van der Waals surface area contributed by atoms with Crippen molar-refractivity contribution in [3.05, 3.63) is 29.8 Å². The molecular weight excluding hydrogens is 254 g/mol. The van der Waals surface area contributed by atoms with Crippen molar-refractivity contribution in [2.45, 2.75) is 12.8 Å². The summed E-state index contributed by atoms with van der Waals surface area (Å²) in [6.45, 7) is 0.465. The maximum atomic E-state index is 11.9. The molecule has 5 nitrogen and oxygen atoms in total. The van der Waals surface area contributed by atoms with Gasteiger partial charge < -0.3 is 4.74 Å². The van der Waals surface area contributed by atoms with Gasteiger partial charge in [0.05, 0.1) is 24.1 Å². The number of methoxy groups -OCH3 is 1. The van der Waals surface area contributed by atoms with Gasteiger partial charge >= 0.3 is 5.97 Å². The second-order valence-electron chi connectivity index (χ2n) is 4.14. The zero-order valence-electron chi connectivity index (χ0n) is 10.1. The zero-order valence-corrected chi connectivity index (χ0v) is 10.9. The minimum absolute atomic E-state index is 0.162. The van der Waals surface area contributed by atoms with Crippen molar-refractivity contribution in [1.82, 2.24) is 0 Å². The standard InChI is InChI=1S/C12H15NO4S/c1-17-12(14)10-5-4-6-11(9-10)13-7-2-3-8-18(13,15)16/h4-6,9H,2-3,7-8H2,1H3. The number of rotatable bonds is 2. The SMILES string of the molecule is COC(=O)c1cccc(N2CCCCS2(=O)=O)c1. The Morgan fingerprint density at radius 3 is 2.78 bits per heavy atom. The Labute approximate surface area is 106 Å². The third-order valence-corrected chi connectivity index (χ3v) is 4.77. The summed E-state index contributed by atoms with van der Waals surface area (Å²) < 4.78 is 29.9. The predicted molar refractivity (Wildman–Crippen MR) is 68.1 cm³/mol. The van der Waals surface area contributed by atoms with E-state index in [0.717, 1.165) is 6.42 Å². The molecule has 0 aromatic heterocycles. The summed E-state index contributed by atoms with van der Waals surface area (Å²) in [5, 5.41) is 0. The molecule has 0 radical (unpaired) electrons. The molecule has 0 N–H and O–H groups in total. The van der Waals surface area contributed by atoms with Crippen molar-refractivity contribution in [1.29, 1.82) is 0 Å². The Kier molecular flexibility index (Phi) is 3.56. The highest BCUT2D eigenvalue weighted by Crippen LogP contribution is 2.24. The topological polar surface area (TPSA) is 63.7 Å². The quantitative estimate of drug-likeness (QED) is 0.761. The number of benzene rings is 1. The van der Waals surface area contributed by atoms with Gasteiger partial charge in [0.1, 0.15) is 0 Å². The monoisotopic (exact) mass is 269 g/mol. The van der Waals surface area contributed by atoms with Crippen LogP contribution in [0.5, 0.6) is 0 Å². The normalized spacial score (nSPS) is 18.4. The summed E-state index contributed by atoms with van der Waals surface area (Å²) in [6.07, 6.45) is 1.53. The highest BCUT2D eigenvalue weighted by atomic mass is 32.2. The molecule has 0 atom stereocenters. The first-order valence-electron chi connectivity index (χ1n) is 5.73. The smallest absolute Gasteiger partial charge is 0.337 e. The van der Waals surface area contributed by atoms with Crippen LogP contribution in [0.1, 0.15) is 23.2 Å². The van der Waals surface area contributed by atoms with E-state index < -0.39 is 16.0 Å². The molecule has 0 aliphatic carbocycles. The minimum atomic E-state index is -3.24. The van der Waals surface area contributed by atoms with Crippen LogP contribution in [0.25, 0.3) is 0 Å². The Balaban J connectivity index is 2.36. The molecule has 0 unspecified atom stereocenters. The van der Waals surface area contributed by atoms with E-state index in [1.54, 1.807) is 24.3 Å². The molecule has 1 heterocycles. The van der Waals surface area contributed by atoms with Crippen LogP contribution in [0.3, 0.4) is 0 Å². The zero-order chi connectivity index (χ0) is 13.2. The summed E-state index contributed by atoms with van der Waals surface area (Å²) in [5.74, 6) is -0.304. The van der Waals surface area contributed by atoms with Gasteiger partial charge in [-0.25, -0.2) is 13.2 Å².